The fourth-order valence-electron chi connectivity index (χ4n) is 1.31. The molecule has 1 saturated heterocycles. The van der Waals surface area contributed by atoms with Crippen molar-refractivity contribution in [1.82, 2.24) is 0 Å². The van der Waals surface area contributed by atoms with Crippen molar-refractivity contribution in [3.63, 3.8) is 0 Å². The lowest BCUT2D eigenvalue weighted by Gasteiger charge is -2.27. The molecular weight excluding hydrogens is 222 g/mol. The molecule has 5 heteroatoms. The van der Waals surface area contributed by atoms with E-state index in [1.807, 2.05) is 6.92 Å². The Kier molecular flexibility index (Phi) is 4.11. The van der Waals surface area contributed by atoms with Gasteiger partial charge in [-0.1, -0.05) is 6.92 Å². The zero-order chi connectivity index (χ0) is 13.1. The van der Waals surface area contributed by atoms with Gasteiger partial charge in [0.25, 0.3) is 6.04 Å². The molecule has 1 fully saturated rings. The zero-order valence-corrected chi connectivity index (χ0v) is 10.4. The number of carbonyl (C=O) groups is 2. The smallest absolute Gasteiger partial charge is 0.321 e. The average molecular weight is 239 g/mol. The van der Waals surface area contributed by atoms with E-state index in [9.17, 15) is 9.59 Å². The predicted octanol–water partition coefficient (Wildman–Crippen LogP) is 1.92. The van der Waals surface area contributed by atoms with E-state index in [1.54, 1.807) is 13.8 Å². The van der Waals surface area contributed by atoms with Crippen LogP contribution >= 0.6 is 0 Å². The highest BCUT2D eigenvalue weighted by atomic mass is 16.7. The van der Waals surface area contributed by atoms with Crippen LogP contribution in [0.3, 0.4) is 0 Å². The number of ether oxygens (including phenoxy) is 2. The molecule has 0 aromatic rings. The quantitative estimate of drug-likeness (QED) is 0.557. The van der Waals surface area contributed by atoms with E-state index in [0.29, 0.717) is 12.8 Å². The summed E-state index contributed by atoms with van der Waals surface area (Å²) in [5.41, 5.74) is -0.629. The first-order chi connectivity index (χ1) is 7.90. The maximum absolute atomic E-state index is 11.8. The third-order valence-electron chi connectivity index (χ3n) is 3.03. The van der Waals surface area contributed by atoms with Crippen molar-refractivity contribution in [3.05, 3.63) is 11.4 Å². The number of hydrogen-bond donors (Lipinski definition) is 0. The Morgan fingerprint density at radius 2 is 2.29 bits per heavy atom. The Bertz CT molecular complexity index is 356. The largest absolute Gasteiger partial charge is 0.417 e. The number of esters is 2. The Labute approximate surface area is 101 Å². The highest BCUT2D eigenvalue weighted by Gasteiger charge is 2.41. The van der Waals surface area contributed by atoms with E-state index in [-0.39, 0.29) is 6.42 Å². The number of carbonyl (C=O) groups excluding carboxylic acids is 2. The third kappa shape index (κ3) is 3.19. The normalized spacial score (nSPS) is 24.7. The van der Waals surface area contributed by atoms with Gasteiger partial charge in [0.05, 0.1) is 11.8 Å². The van der Waals surface area contributed by atoms with Gasteiger partial charge >= 0.3 is 18.2 Å². The van der Waals surface area contributed by atoms with Gasteiger partial charge in [0.1, 0.15) is 0 Å². The lowest BCUT2D eigenvalue weighted by molar-refractivity contribution is -0.202. The second-order valence-electron chi connectivity index (χ2n) is 4.74. The van der Waals surface area contributed by atoms with Crippen LogP contribution in [0.5, 0.6) is 0 Å². The van der Waals surface area contributed by atoms with Crippen LogP contribution in [0, 0.1) is 12.0 Å². The van der Waals surface area contributed by atoms with Crippen molar-refractivity contribution in [2.45, 2.75) is 52.4 Å². The molecule has 0 radical (unpaired) electrons. The summed E-state index contributed by atoms with van der Waals surface area (Å²) < 4.78 is 10.0. The van der Waals surface area contributed by atoms with Crippen LogP contribution in [-0.2, 0) is 19.1 Å². The molecule has 0 aromatic carbocycles. The van der Waals surface area contributed by atoms with Gasteiger partial charge in [-0.3, -0.25) is 9.59 Å². The van der Waals surface area contributed by atoms with Gasteiger partial charge in [-0.15, -0.1) is 0 Å². The molecule has 5 nitrogen and oxygen atoms in total. The summed E-state index contributed by atoms with van der Waals surface area (Å²) in [6.45, 7) is 12.4. The van der Waals surface area contributed by atoms with E-state index in [4.69, 9.17) is 16.0 Å². The molecular formula is C12H17NO4. The molecule has 2 atom stereocenters. The predicted molar refractivity (Wildman–Crippen MR) is 59.7 cm³/mol. The molecule has 94 valence electrons. The summed E-state index contributed by atoms with van der Waals surface area (Å²) in [6.07, 6.45) is 0.160. The molecule has 2 unspecified atom stereocenters. The first-order valence-corrected chi connectivity index (χ1v) is 5.68. The number of hydrogen-bond acceptors (Lipinski definition) is 4. The van der Waals surface area contributed by atoms with Crippen LogP contribution in [0.15, 0.2) is 0 Å². The molecule has 0 amide bonds. The molecule has 1 heterocycles. The summed E-state index contributed by atoms with van der Waals surface area (Å²) in [7, 11) is 0. The monoisotopic (exact) mass is 239 g/mol. The van der Waals surface area contributed by atoms with Gasteiger partial charge in [-0.05, 0) is 20.3 Å². The maximum atomic E-state index is 11.8. The lowest BCUT2D eigenvalue weighted by Crippen LogP contribution is -2.41. The van der Waals surface area contributed by atoms with Crippen molar-refractivity contribution in [2.24, 2.45) is 5.41 Å². The first kappa shape index (κ1) is 13.5. The Morgan fingerprint density at radius 1 is 1.65 bits per heavy atom. The Morgan fingerprint density at radius 3 is 2.82 bits per heavy atom. The van der Waals surface area contributed by atoms with E-state index in [0.717, 1.165) is 0 Å². The molecule has 1 aliphatic rings. The topological polar surface area (TPSA) is 57.0 Å². The van der Waals surface area contributed by atoms with E-state index in [2.05, 4.69) is 4.85 Å². The first-order valence-electron chi connectivity index (χ1n) is 5.68. The van der Waals surface area contributed by atoms with Crippen molar-refractivity contribution in [3.8, 4) is 0 Å². The summed E-state index contributed by atoms with van der Waals surface area (Å²) in [4.78, 5) is 26.3. The average Bonchev–Trinajstić information content (AvgIpc) is 2.29. The second-order valence-corrected chi connectivity index (χ2v) is 4.74. The highest BCUT2D eigenvalue weighted by Crippen LogP contribution is 2.26. The minimum atomic E-state index is -1.05. The lowest BCUT2D eigenvalue weighted by atomic mass is 9.90. The van der Waals surface area contributed by atoms with Gasteiger partial charge in [0.15, 0.2) is 0 Å². The highest BCUT2D eigenvalue weighted by molar-refractivity contribution is 5.76. The van der Waals surface area contributed by atoms with E-state index < -0.39 is 29.7 Å². The van der Waals surface area contributed by atoms with Crippen LogP contribution in [-0.4, -0.2) is 24.3 Å². The minimum absolute atomic E-state index is 0.207. The van der Waals surface area contributed by atoms with Crippen LogP contribution in [0.4, 0.5) is 0 Å². The molecule has 1 rings (SSSR count). The zero-order valence-electron chi connectivity index (χ0n) is 10.4. The van der Waals surface area contributed by atoms with E-state index in [1.165, 1.54) is 0 Å². The second kappa shape index (κ2) is 5.17. The van der Waals surface area contributed by atoms with E-state index >= 15 is 0 Å². The fourth-order valence-corrected chi connectivity index (χ4v) is 1.31. The third-order valence-corrected chi connectivity index (χ3v) is 3.03. The molecule has 1 aliphatic heterocycles. The van der Waals surface area contributed by atoms with Gasteiger partial charge < -0.3 is 14.3 Å². The Balaban J connectivity index is 2.69. The molecule has 0 N–H and O–H groups in total. The number of nitrogens with zero attached hydrogens (tertiary/aromatic N) is 1. The van der Waals surface area contributed by atoms with Crippen LogP contribution in [0.1, 0.15) is 40.0 Å². The number of cyclic esters (lactones) is 1. The van der Waals surface area contributed by atoms with Crippen LogP contribution in [0.2, 0.25) is 0 Å². The van der Waals surface area contributed by atoms with Crippen molar-refractivity contribution in [2.75, 3.05) is 0 Å². The van der Waals surface area contributed by atoms with Crippen LogP contribution < -0.4 is 0 Å². The Hall–Kier alpha value is -1.57. The summed E-state index contributed by atoms with van der Waals surface area (Å²) >= 11 is 0. The number of rotatable bonds is 3. The van der Waals surface area contributed by atoms with Gasteiger partial charge in [0, 0.05) is 6.42 Å². The molecule has 0 saturated carbocycles. The summed E-state index contributed by atoms with van der Waals surface area (Å²) in [5.74, 6) is -0.856. The van der Waals surface area contributed by atoms with Crippen molar-refractivity contribution < 1.29 is 19.1 Å². The molecule has 0 aliphatic carbocycles. The van der Waals surface area contributed by atoms with Crippen molar-refractivity contribution in [1.29, 1.82) is 0 Å². The van der Waals surface area contributed by atoms with Gasteiger partial charge in [-0.25, -0.2) is 6.57 Å². The standard InChI is InChI=1S/C12H17NO4/c1-5-12(2,3)11(15)17-10-8(13-4)6-7-9(14)16-10/h8,10H,5-7H2,1-3H3. The maximum Gasteiger partial charge on any atom is 0.321 e. The van der Waals surface area contributed by atoms with Gasteiger partial charge in [0.2, 0.25) is 0 Å². The molecule has 0 aromatic heterocycles. The molecule has 0 spiro atoms. The SMILES string of the molecule is [C-]#[N+]C1CCC(=O)OC1OC(=O)C(C)(C)CC. The summed E-state index contributed by atoms with van der Waals surface area (Å²) in [5, 5.41) is 0. The van der Waals surface area contributed by atoms with Crippen LogP contribution in [0.25, 0.3) is 4.85 Å². The molecule has 17 heavy (non-hydrogen) atoms. The minimum Gasteiger partial charge on any atom is -0.417 e. The van der Waals surface area contributed by atoms with Gasteiger partial charge in [-0.2, -0.15) is 0 Å². The summed E-state index contributed by atoms with van der Waals surface area (Å²) in [6, 6.07) is -0.579. The fraction of sp³-hybridized carbons (Fsp3) is 0.750. The molecule has 0 bridgehead atoms. The van der Waals surface area contributed by atoms with Crippen molar-refractivity contribution >= 4 is 11.9 Å².